The molecule has 0 aromatic heterocycles. The molecule has 0 spiro atoms. The summed E-state index contributed by atoms with van der Waals surface area (Å²) in [5, 5.41) is 0. The Morgan fingerprint density at radius 1 is 0.769 bits per heavy atom. The lowest BCUT2D eigenvalue weighted by molar-refractivity contribution is -0.129. The van der Waals surface area contributed by atoms with Gasteiger partial charge in [-0.15, -0.1) is 0 Å². The second-order valence-corrected chi connectivity index (χ2v) is 6.14. The fourth-order valence-electron chi connectivity index (χ4n) is 2.86. The summed E-state index contributed by atoms with van der Waals surface area (Å²) in [4.78, 5) is 16.5. The van der Waals surface area contributed by atoms with E-state index in [9.17, 15) is 4.79 Å². The van der Waals surface area contributed by atoms with E-state index < -0.39 is 5.97 Å². The zero-order valence-electron chi connectivity index (χ0n) is 14.3. The maximum absolute atomic E-state index is 12.2. The molecule has 3 nitrogen and oxygen atoms in total. The van der Waals surface area contributed by atoms with Gasteiger partial charge in [-0.3, -0.25) is 0 Å². The molecule has 4 rings (SSSR count). The van der Waals surface area contributed by atoms with Crippen molar-refractivity contribution in [2.75, 3.05) is 0 Å². The van der Waals surface area contributed by atoms with Crippen molar-refractivity contribution in [3.8, 4) is 11.1 Å². The second-order valence-electron chi connectivity index (χ2n) is 6.14. The Labute approximate surface area is 152 Å². The average molecular weight is 339 g/mol. The summed E-state index contributed by atoms with van der Waals surface area (Å²) in [7, 11) is 0. The summed E-state index contributed by atoms with van der Waals surface area (Å²) < 4.78 is 5.36. The fourth-order valence-corrected chi connectivity index (χ4v) is 2.86. The molecule has 1 heterocycles. The van der Waals surface area contributed by atoms with Crippen molar-refractivity contribution in [2.24, 2.45) is 4.99 Å². The van der Waals surface area contributed by atoms with Gasteiger partial charge in [-0.1, -0.05) is 66.7 Å². The smallest absolute Gasteiger partial charge is 0.363 e. The molecule has 3 heteroatoms. The molecule has 0 bridgehead atoms. The van der Waals surface area contributed by atoms with Crippen molar-refractivity contribution in [1.29, 1.82) is 0 Å². The van der Waals surface area contributed by atoms with Gasteiger partial charge >= 0.3 is 5.97 Å². The molecule has 0 atom stereocenters. The van der Waals surface area contributed by atoms with E-state index in [1.54, 1.807) is 6.08 Å². The van der Waals surface area contributed by atoms with Gasteiger partial charge in [0.25, 0.3) is 0 Å². The van der Waals surface area contributed by atoms with Crippen LogP contribution < -0.4 is 0 Å². The summed E-state index contributed by atoms with van der Waals surface area (Å²) in [6.07, 6.45) is 1.77. The van der Waals surface area contributed by atoms with Gasteiger partial charge in [0.2, 0.25) is 5.90 Å². The summed E-state index contributed by atoms with van der Waals surface area (Å²) >= 11 is 0. The number of cyclic esters (lactones) is 1. The van der Waals surface area contributed by atoms with E-state index >= 15 is 0 Å². The highest BCUT2D eigenvalue weighted by atomic mass is 16.6. The normalized spacial score (nSPS) is 15.0. The third-order valence-corrected chi connectivity index (χ3v) is 4.34. The van der Waals surface area contributed by atoms with E-state index in [1.807, 2.05) is 73.7 Å². The van der Waals surface area contributed by atoms with Gasteiger partial charge in [0.1, 0.15) is 0 Å². The zero-order valence-corrected chi connectivity index (χ0v) is 14.3. The number of hydrogen-bond donors (Lipinski definition) is 0. The lowest BCUT2D eigenvalue weighted by Gasteiger charge is -2.03. The first-order valence-electron chi connectivity index (χ1n) is 8.45. The van der Waals surface area contributed by atoms with Crippen LogP contribution in [0.1, 0.15) is 16.7 Å². The highest BCUT2D eigenvalue weighted by molar-refractivity contribution is 6.13. The van der Waals surface area contributed by atoms with Crippen molar-refractivity contribution in [3.63, 3.8) is 0 Å². The predicted molar refractivity (Wildman–Crippen MR) is 104 cm³/mol. The maximum Gasteiger partial charge on any atom is 0.363 e. The molecule has 0 saturated carbocycles. The SMILES string of the molecule is Cc1ccccc1/C=C1\N=C(c2ccc(-c3ccccc3)cc2)OC1=O. The van der Waals surface area contributed by atoms with E-state index in [0.717, 1.165) is 27.8 Å². The molecule has 0 N–H and O–H groups in total. The molecule has 0 unspecified atom stereocenters. The van der Waals surface area contributed by atoms with Crippen LogP contribution in [-0.4, -0.2) is 11.9 Å². The molecule has 0 saturated heterocycles. The molecule has 3 aromatic carbocycles. The van der Waals surface area contributed by atoms with Gasteiger partial charge in [0, 0.05) is 5.56 Å². The van der Waals surface area contributed by atoms with Crippen LogP contribution in [-0.2, 0) is 9.53 Å². The lowest BCUT2D eigenvalue weighted by Crippen LogP contribution is -2.05. The number of rotatable bonds is 3. The van der Waals surface area contributed by atoms with Crippen molar-refractivity contribution < 1.29 is 9.53 Å². The van der Waals surface area contributed by atoms with Crippen LogP contribution >= 0.6 is 0 Å². The van der Waals surface area contributed by atoms with E-state index in [1.165, 1.54) is 0 Å². The van der Waals surface area contributed by atoms with Gasteiger partial charge in [0.15, 0.2) is 5.70 Å². The van der Waals surface area contributed by atoms with Gasteiger partial charge in [-0.2, -0.15) is 0 Å². The Hall–Kier alpha value is -3.46. The molecule has 0 amide bonds. The number of carbonyl (C=O) groups is 1. The number of aryl methyl sites for hydroxylation is 1. The van der Waals surface area contributed by atoms with Crippen LogP contribution in [0.4, 0.5) is 0 Å². The lowest BCUT2D eigenvalue weighted by atomic mass is 10.0. The minimum atomic E-state index is -0.421. The Morgan fingerprint density at radius 3 is 2.12 bits per heavy atom. The number of esters is 1. The fraction of sp³-hybridized carbons (Fsp3) is 0.0435. The van der Waals surface area contributed by atoms with Gasteiger partial charge in [0.05, 0.1) is 0 Å². The minimum Gasteiger partial charge on any atom is -0.402 e. The van der Waals surface area contributed by atoms with E-state index in [2.05, 4.69) is 17.1 Å². The van der Waals surface area contributed by atoms with Crippen LogP contribution in [0.2, 0.25) is 0 Å². The Bertz CT molecular complexity index is 1020. The molecule has 0 fully saturated rings. The first-order chi connectivity index (χ1) is 12.7. The number of nitrogens with zero attached hydrogens (tertiary/aromatic N) is 1. The highest BCUT2D eigenvalue weighted by Crippen LogP contribution is 2.23. The van der Waals surface area contributed by atoms with Crippen molar-refractivity contribution >= 4 is 17.9 Å². The predicted octanol–water partition coefficient (Wildman–Crippen LogP) is 5.01. The molecule has 1 aliphatic heterocycles. The number of hydrogen-bond acceptors (Lipinski definition) is 3. The molecule has 26 heavy (non-hydrogen) atoms. The largest absolute Gasteiger partial charge is 0.402 e. The quantitative estimate of drug-likeness (QED) is 0.497. The second kappa shape index (κ2) is 6.81. The summed E-state index contributed by atoms with van der Waals surface area (Å²) in [6, 6.07) is 25.8. The maximum atomic E-state index is 12.2. The summed E-state index contributed by atoms with van der Waals surface area (Å²) in [6.45, 7) is 2.00. The third-order valence-electron chi connectivity index (χ3n) is 4.34. The monoisotopic (exact) mass is 339 g/mol. The molecule has 0 radical (unpaired) electrons. The summed E-state index contributed by atoms with van der Waals surface area (Å²) in [5.41, 5.74) is 5.40. The molecule has 0 aliphatic carbocycles. The topological polar surface area (TPSA) is 38.7 Å². The molecule has 126 valence electrons. The number of benzene rings is 3. The first-order valence-corrected chi connectivity index (χ1v) is 8.45. The number of ether oxygens (including phenoxy) is 1. The van der Waals surface area contributed by atoms with Gasteiger partial charge in [-0.25, -0.2) is 9.79 Å². The standard InChI is InChI=1S/C23H17NO2/c1-16-7-5-6-10-20(16)15-21-23(25)26-22(24-21)19-13-11-18(12-14-19)17-8-3-2-4-9-17/h2-15H,1H3/b21-15-. The van der Waals surface area contributed by atoms with Gasteiger partial charge in [-0.05, 0) is 47.4 Å². The van der Waals surface area contributed by atoms with Crippen molar-refractivity contribution in [3.05, 3.63) is 101 Å². The molecular formula is C23H17NO2. The van der Waals surface area contributed by atoms with Crippen LogP contribution in [0, 0.1) is 6.92 Å². The van der Waals surface area contributed by atoms with Crippen molar-refractivity contribution in [1.82, 2.24) is 0 Å². The van der Waals surface area contributed by atoms with Crippen LogP contribution in [0.15, 0.2) is 89.6 Å². The van der Waals surface area contributed by atoms with Crippen LogP contribution in [0.5, 0.6) is 0 Å². The molecule has 3 aromatic rings. The van der Waals surface area contributed by atoms with Crippen molar-refractivity contribution in [2.45, 2.75) is 6.92 Å². The Balaban J connectivity index is 1.62. The minimum absolute atomic E-state index is 0.321. The molecular weight excluding hydrogens is 322 g/mol. The number of aliphatic imine (C=N–C) groups is 1. The first kappa shape index (κ1) is 16.0. The van der Waals surface area contributed by atoms with Crippen LogP contribution in [0.25, 0.3) is 17.2 Å². The summed E-state index contributed by atoms with van der Waals surface area (Å²) in [5.74, 6) is -0.0789. The average Bonchev–Trinajstić information content (AvgIpc) is 3.05. The van der Waals surface area contributed by atoms with E-state index in [0.29, 0.717) is 11.6 Å². The Morgan fingerprint density at radius 2 is 1.38 bits per heavy atom. The highest BCUT2D eigenvalue weighted by Gasteiger charge is 2.24. The zero-order chi connectivity index (χ0) is 17.9. The van der Waals surface area contributed by atoms with Crippen LogP contribution in [0.3, 0.4) is 0 Å². The molecule has 1 aliphatic rings. The number of carbonyl (C=O) groups excluding carboxylic acids is 1. The Kier molecular flexibility index (Phi) is 4.20. The van der Waals surface area contributed by atoms with E-state index in [4.69, 9.17) is 4.74 Å². The third kappa shape index (κ3) is 3.20. The van der Waals surface area contributed by atoms with Gasteiger partial charge < -0.3 is 4.74 Å². The van der Waals surface area contributed by atoms with E-state index in [-0.39, 0.29) is 0 Å².